The monoisotopic (exact) mass is 353 g/mol. The van der Waals surface area contributed by atoms with Gasteiger partial charge in [-0.15, -0.1) is 0 Å². The maximum atomic E-state index is 12.4. The second-order valence-corrected chi connectivity index (χ2v) is 8.23. The average molecular weight is 353 g/mol. The molecule has 0 amide bonds. The topological polar surface area (TPSA) is 55.7 Å². The Morgan fingerprint density at radius 2 is 1.96 bits per heavy atom. The van der Waals surface area contributed by atoms with Crippen molar-refractivity contribution in [2.45, 2.75) is 24.3 Å². The zero-order valence-electron chi connectivity index (χ0n) is 14.0. The van der Waals surface area contributed by atoms with Gasteiger partial charge in [0, 0.05) is 11.5 Å². The summed E-state index contributed by atoms with van der Waals surface area (Å²) < 4.78 is 35.0. The molecule has 1 saturated heterocycles. The van der Waals surface area contributed by atoms with E-state index in [1.807, 2.05) is 37.3 Å². The van der Waals surface area contributed by atoms with Gasteiger partial charge in [-0.3, -0.25) is 0 Å². The normalized spacial score (nSPS) is 24.7. The number of benzene rings is 2. The van der Waals surface area contributed by atoms with Crippen LogP contribution in [0.5, 0.6) is 0 Å². The van der Waals surface area contributed by atoms with E-state index in [0.717, 1.165) is 16.7 Å². The van der Waals surface area contributed by atoms with Gasteiger partial charge in [0.25, 0.3) is 10.0 Å². The van der Waals surface area contributed by atoms with E-state index in [4.69, 9.17) is 4.74 Å². The summed E-state index contributed by atoms with van der Waals surface area (Å²) in [6, 6.07) is 15.1. The maximum Gasteiger partial charge on any atom is 0.283 e. The third-order valence-electron chi connectivity index (χ3n) is 4.72. The number of ether oxygens (including phenoxy) is 1. The standard InChI is InChI=1S/C20H19NO3S/c1-13-6-5-7-15(10-13)20-17(11-14(2)12-24-20)19-16-8-3-4-9-18(16)25(22,23)21-19/h3-10,17,20H,2,11-12H2,1H3/t17-,20-/m1/s1. The molecule has 0 aliphatic carbocycles. The van der Waals surface area contributed by atoms with Crippen molar-refractivity contribution in [2.24, 2.45) is 10.3 Å². The van der Waals surface area contributed by atoms with Crippen LogP contribution >= 0.6 is 0 Å². The Labute approximate surface area is 147 Å². The molecule has 2 heterocycles. The predicted octanol–water partition coefficient (Wildman–Crippen LogP) is 3.82. The van der Waals surface area contributed by atoms with Gasteiger partial charge in [0.1, 0.15) is 0 Å². The van der Waals surface area contributed by atoms with Crippen molar-refractivity contribution in [2.75, 3.05) is 6.61 Å². The fraction of sp³-hybridized carbons (Fsp3) is 0.250. The fourth-order valence-corrected chi connectivity index (χ4v) is 4.91. The van der Waals surface area contributed by atoms with Crippen LogP contribution in [0.2, 0.25) is 0 Å². The number of sulfonamides is 1. The van der Waals surface area contributed by atoms with Crippen LogP contribution in [0, 0.1) is 12.8 Å². The van der Waals surface area contributed by atoms with Crippen LogP contribution in [-0.4, -0.2) is 20.7 Å². The van der Waals surface area contributed by atoms with Crippen molar-refractivity contribution >= 4 is 15.7 Å². The number of hydrogen-bond donors (Lipinski definition) is 0. The molecule has 1 fully saturated rings. The summed E-state index contributed by atoms with van der Waals surface area (Å²) in [6.07, 6.45) is 0.437. The van der Waals surface area contributed by atoms with Crippen LogP contribution in [0.15, 0.2) is 70.0 Å². The highest BCUT2D eigenvalue weighted by Crippen LogP contribution is 2.41. The number of fused-ring (bicyclic) bond motifs is 1. The Kier molecular flexibility index (Phi) is 3.85. The lowest BCUT2D eigenvalue weighted by Crippen LogP contribution is -2.30. The Morgan fingerprint density at radius 3 is 2.76 bits per heavy atom. The Bertz CT molecular complexity index is 992. The van der Waals surface area contributed by atoms with Crippen molar-refractivity contribution in [3.63, 3.8) is 0 Å². The van der Waals surface area contributed by atoms with E-state index in [0.29, 0.717) is 24.3 Å². The Hall–Kier alpha value is -2.24. The predicted molar refractivity (Wildman–Crippen MR) is 97.3 cm³/mol. The molecule has 0 aromatic heterocycles. The summed E-state index contributed by atoms with van der Waals surface area (Å²) in [5.41, 5.74) is 4.41. The second-order valence-electron chi connectivity index (χ2n) is 6.65. The van der Waals surface area contributed by atoms with Gasteiger partial charge in [-0.1, -0.05) is 60.2 Å². The van der Waals surface area contributed by atoms with E-state index in [1.54, 1.807) is 12.1 Å². The highest BCUT2D eigenvalue weighted by molar-refractivity contribution is 7.90. The molecule has 0 bridgehead atoms. The number of nitrogens with zero attached hydrogens (tertiary/aromatic N) is 1. The summed E-state index contributed by atoms with van der Waals surface area (Å²) in [5.74, 6) is -0.165. The third-order valence-corrected chi connectivity index (χ3v) is 6.07. The van der Waals surface area contributed by atoms with E-state index < -0.39 is 10.0 Å². The molecule has 0 spiro atoms. The highest BCUT2D eigenvalue weighted by Gasteiger charge is 2.39. The molecule has 4 nitrogen and oxygen atoms in total. The summed E-state index contributed by atoms with van der Waals surface area (Å²) in [7, 11) is -3.63. The molecule has 4 rings (SSSR count). The molecule has 0 saturated carbocycles. The van der Waals surface area contributed by atoms with Crippen molar-refractivity contribution in [1.82, 2.24) is 0 Å². The zero-order valence-corrected chi connectivity index (χ0v) is 14.8. The summed E-state index contributed by atoms with van der Waals surface area (Å²) in [4.78, 5) is 0.282. The minimum absolute atomic E-state index is 0.165. The van der Waals surface area contributed by atoms with Crippen LogP contribution in [0.1, 0.15) is 29.2 Å². The second kappa shape index (κ2) is 5.93. The molecule has 128 valence electrons. The third kappa shape index (κ3) is 2.83. The molecule has 2 aliphatic heterocycles. The summed E-state index contributed by atoms with van der Waals surface area (Å²) in [6.45, 7) is 6.56. The quantitative estimate of drug-likeness (QED) is 0.771. The average Bonchev–Trinajstić information content (AvgIpc) is 2.87. The number of rotatable bonds is 2. The molecule has 0 unspecified atom stereocenters. The van der Waals surface area contributed by atoms with Crippen LogP contribution in [-0.2, 0) is 14.8 Å². The van der Waals surface area contributed by atoms with E-state index in [9.17, 15) is 8.42 Å². The first kappa shape index (κ1) is 16.2. The Morgan fingerprint density at radius 1 is 1.16 bits per heavy atom. The van der Waals surface area contributed by atoms with Gasteiger partial charge in [0.15, 0.2) is 0 Å². The molecule has 5 heteroatoms. The van der Waals surface area contributed by atoms with Crippen LogP contribution in [0.25, 0.3) is 0 Å². The highest BCUT2D eigenvalue weighted by atomic mass is 32.2. The lowest BCUT2D eigenvalue weighted by atomic mass is 9.81. The lowest BCUT2D eigenvalue weighted by Gasteiger charge is -2.33. The van der Waals surface area contributed by atoms with Crippen molar-refractivity contribution in [1.29, 1.82) is 0 Å². The van der Waals surface area contributed by atoms with Gasteiger partial charge in [-0.25, -0.2) is 0 Å². The smallest absolute Gasteiger partial charge is 0.283 e. The molecule has 25 heavy (non-hydrogen) atoms. The van der Waals surface area contributed by atoms with Gasteiger partial charge < -0.3 is 4.74 Å². The van der Waals surface area contributed by atoms with Gasteiger partial charge in [0.05, 0.1) is 23.3 Å². The first-order valence-corrected chi connectivity index (χ1v) is 9.69. The molecule has 2 atom stereocenters. The van der Waals surface area contributed by atoms with Gasteiger partial charge in [0.2, 0.25) is 0 Å². The summed E-state index contributed by atoms with van der Waals surface area (Å²) in [5, 5.41) is 0. The van der Waals surface area contributed by atoms with E-state index in [1.165, 1.54) is 0 Å². The fourth-order valence-electron chi connectivity index (χ4n) is 3.61. The van der Waals surface area contributed by atoms with Crippen molar-refractivity contribution in [3.8, 4) is 0 Å². The lowest BCUT2D eigenvalue weighted by molar-refractivity contribution is 0.0210. The molecule has 2 aliphatic rings. The zero-order chi connectivity index (χ0) is 17.6. The molecule has 0 radical (unpaired) electrons. The van der Waals surface area contributed by atoms with Crippen molar-refractivity contribution < 1.29 is 13.2 Å². The molecule has 2 aromatic rings. The van der Waals surface area contributed by atoms with Crippen molar-refractivity contribution in [3.05, 3.63) is 77.4 Å². The van der Waals surface area contributed by atoms with E-state index >= 15 is 0 Å². The first-order chi connectivity index (χ1) is 12.0. The van der Waals surface area contributed by atoms with E-state index in [-0.39, 0.29) is 16.9 Å². The largest absolute Gasteiger partial charge is 0.368 e. The van der Waals surface area contributed by atoms with Crippen LogP contribution in [0.3, 0.4) is 0 Å². The minimum atomic E-state index is -3.63. The molecule has 2 aromatic carbocycles. The van der Waals surface area contributed by atoms with E-state index in [2.05, 4.69) is 17.0 Å². The van der Waals surface area contributed by atoms with Gasteiger partial charge in [-0.05, 0) is 25.0 Å². The number of hydrogen-bond acceptors (Lipinski definition) is 3. The summed E-state index contributed by atoms with van der Waals surface area (Å²) >= 11 is 0. The first-order valence-electron chi connectivity index (χ1n) is 8.25. The maximum absolute atomic E-state index is 12.4. The van der Waals surface area contributed by atoms with Crippen LogP contribution < -0.4 is 0 Å². The minimum Gasteiger partial charge on any atom is -0.368 e. The molecular weight excluding hydrogens is 334 g/mol. The Balaban J connectivity index is 1.83. The van der Waals surface area contributed by atoms with Gasteiger partial charge >= 0.3 is 0 Å². The molecule has 0 N–H and O–H groups in total. The van der Waals surface area contributed by atoms with Crippen LogP contribution in [0.4, 0.5) is 0 Å². The SMILES string of the molecule is C=C1CO[C@H](c2cccc(C)c2)[C@@H](C2=NS(=O)(=O)c3ccccc32)C1. The number of aryl methyl sites for hydroxylation is 1. The molecular formula is C20H19NO3S. The van der Waals surface area contributed by atoms with Gasteiger partial charge in [-0.2, -0.15) is 12.8 Å².